The highest BCUT2D eigenvalue weighted by Gasteiger charge is 2.34. The van der Waals surface area contributed by atoms with Gasteiger partial charge in [-0.25, -0.2) is 4.98 Å². The summed E-state index contributed by atoms with van der Waals surface area (Å²) in [6, 6.07) is 0.0178. The van der Waals surface area contributed by atoms with Gasteiger partial charge in [-0.15, -0.1) is 0 Å². The van der Waals surface area contributed by atoms with Crippen LogP contribution in [0, 0.1) is 6.92 Å². The highest BCUT2D eigenvalue weighted by molar-refractivity contribution is 5.82. The van der Waals surface area contributed by atoms with E-state index in [4.69, 9.17) is 4.42 Å². The van der Waals surface area contributed by atoms with Crippen LogP contribution < -0.4 is 5.32 Å². The van der Waals surface area contributed by atoms with Crippen molar-refractivity contribution in [3.63, 3.8) is 0 Å². The Kier molecular flexibility index (Phi) is 4.03. The van der Waals surface area contributed by atoms with Gasteiger partial charge in [-0.1, -0.05) is 0 Å². The van der Waals surface area contributed by atoms with Crippen molar-refractivity contribution in [3.8, 4) is 0 Å². The van der Waals surface area contributed by atoms with Gasteiger partial charge in [0.15, 0.2) is 6.39 Å². The van der Waals surface area contributed by atoms with Gasteiger partial charge in [0.1, 0.15) is 5.76 Å². The Morgan fingerprint density at radius 3 is 2.95 bits per heavy atom. The Bertz CT molecular complexity index is 467. The standard InChI is InChI=1S/C14H22N4O2/c1-11-12(16-10-20-11)9-18-6-2-3-13(18)14(19)17-7-4-15-5-8-17/h10,13,15H,2-9H2,1H3. The van der Waals surface area contributed by atoms with Crippen molar-refractivity contribution >= 4 is 5.91 Å². The van der Waals surface area contributed by atoms with Crippen LogP contribution >= 0.6 is 0 Å². The number of aromatic nitrogens is 1. The van der Waals surface area contributed by atoms with E-state index < -0.39 is 0 Å². The molecule has 1 atom stereocenters. The molecular weight excluding hydrogens is 256 g/mol. The number of likely N-dealkylation sites (tertiary alicyclic amines) is 1. The summed E-state index contributed by atoms with van der Waals surface area (Å²) in [5.41, 5.74) is 0.949. The molecule has 0 aliphatic carbocycles. The monoisotopic (exact) mass is 278 g/mol. The van der Waals surface area contributed by atoms with Crippen LogP contribution in [-0.2, 0) is 11.3 Å². The highest BCUT2D eigenvalue weighted by Crippen LogP contribution is 2.22. The zero-order chi connectivity index (χ0) is 13.9. The highest BCUT2D eigenvalue weighted by atomic mass is 16.3. The van der Waals surface area contributed by atoms with E-state index in [1.165, 1.54) is 6.39 Å². The first kappa shape index (κ1) is 13.6. The molecule has 1 unspecified atom stereocenters. The molecule has 3 heterocycles. The number of piperazine rings is 1. The molecule has 0 radical (unpaired) electrons. The first-order chi connectivity index (χ1) is 9.75. The topological polar surface area (TPSA) is 61.6 Å². The first-order valence-electron chi connectivity index (χ1n) is 7.38. The number of hydrogen-bond acceptors (Lipinski definition) is 5. The second-order valence-electron chi connectivity index (χ2n) is 5.56. The molecular formula is C14H22N4O2. The first-order valence-corrected chi connectivity index (χ1v) is 7.38. The lowest BCUT2D eigenvalue weighted by Crippen LogP contribution is -2.52. The molecule has 6 nitrogen and oxygen atoms in total. The van der Waals surface area contributed by atoms with Gasteiger partial charge in [-0.3, -0.25) is 9.69 Å². The maximum Gasteiger partial charge on any atom is 0.240 e. The van der Waals surface area contributed by atoms with E-state index in [0.717, 1.165) is 57.0 Å². The zero-order valence-corrected chi connectivity index (χ0v) is 12.0. The van der Waals surface area contributed by atoms with Crippen LogP contribution in [0.5, 0.6) is 0 Å². The van der Waals surface area contributed by atoms with E-state index in [0.29, 0.717) is 6.54 Å². The van der Waals surface area contributed by atoms with Gasteiger partial charge < -0.3 is 14.6 Å². The predicted octanol–water partition coefficient (Wildman–Crippen LogP) is 0.379. The molecule has 2 aliphatic rings. The second-order valence-corrected chi connectivity index (χ2v) is 5.56. The van der Waals surface area contributed by atoms with Crippen LogP contribution in [0.15, 0.2) is 10.8 Å². The third-order valence-corrected chi connectivity index (χ3v) is 4.27. The second kappa shape index (κ2) is 5.93. The van der Waals surface area contributed by atoms with E-state index in [1.807, 2.05) is 11.8 Å². The van der Waals surface area contributed by atoms with Crippen LogP contribution in [0.25, 0.3) is 0 Å². The van der Waals surface area contributed by atoms with Crippen molar-refractivity contribution in [2.24, 2.45) is 0 Å². The number of nitrogens with zero attached hydrogens (tertiary/aromatic N) is 3. The average Bonchev–Trinajstić information content (AvgIpc) is 3.09. The van der Waals surface area contributed by atoms with E-state index in [9.17, 15) is 4.79 Å². The molecule has 0 bridgehead atoms. The fraction of sp³-hybridized carbons (Fsp3) is 0.714. The molecule has 0 saturated carbocycles. The van der Waals surface area contributed by atoms with E-state index >= 15 is 0 Å². The fourth-order valence-corrected chi connectivity index (χ4v) is 3.06. The largest absolute Gasteiger partial charge is 0.448 e. The van der Waals surface area contributed by atoms with Gasteiger partial charge in [-0.05, 0) is 26.3 Å². The normalized spacial score (nSPS) is 24.2. The minimum absolute atomic E-state index is 0.0178. The lowest BCUT2D eigenvalue weighted by molar-refractivity contribution is -0.136. The van der Waals surface area contributed by atoms with Crippen molar-refractivity contribution in [1.29, 1.82) is 0 Å². The molecule has 1 aromatic rings. The molecule has 110 valence electrons. The van der Waals surface area contributed by atoms with Crippen LogP contribution in [-0.4, -0.2) is 59.5 Å². The molecule has 2 fully saturated rings. The quantitative estimate of drug-likeness (QED) is 0.866. The maximum absolute atomic E-state index is 12.6. The molecule has 6 heteroatoms. The third kappa shape index (κ3) is 2.71. The minimum Gasteiger partial charge on any atom is -0.448 e. The lowest BCUT2D eigenvalue weighted by atomic mass is 10.1. The summed E-state index contributed by atoms with van der Waals surface area (Å²) in [4.78, 5) is 21.1. The Balaban J connectivity index is 1.65. The Labute approximate surface area is 119 Å². The zero-order valence-electron chi connectivity index (χ0n) is 12.0. The number of hydrogen-bond donors (Lipinski definition) is 1. The SMILES string of the molecule is Cc1ocnc1CN1CCCC1C(=O)N1CCNCC1. The van der Waals surface area contributed by atoms with E-state index in [-0.39, 0.29) is 11.9 Å². The van der Waals surface area contributed by atoms with Gasteiger partial charge in [0.05, 0.1) is 11.7 Å². The fourth-order valence-electron chi connectivity index (χ4n) is 3.06. The van der Waals surface area contributed by atoms with Crippen molar-refractivity contribution in [2.75, 3.05) is 32.7 Å². The van der Waals surface area contributed by atoms with Gasteiger partial charge in [0.25, 0.3) is 0 Å². The maximum atomic E-state index is 12.6. The summed E-state index contributed by atoms with van der Waals surface area (Å²) in [5.74, 6) is 1.13. The predicted molar refractivity (Wildman–Crippen MR) is 74.1 cm³/mol. The summed E-state index contributed by atoms with van der Waals surface area (Å²) >= 11 is 0. The van der Waals surface area contributed by atoms with Gasteiger partial charge in [0.2, 0.25) is 5.91 Å². The molecule has 1 amide bonds. The van der Waals surface area contributed by atoms with Crippen molar-refractivity contribution < 1.29 is 9.21 Å². The molecule has 2 aliphatic heterocycles. The number of amides is 1. The number of carbonyl (C=O) groups is 1. The van der Waals surface area contributed by atoms with Crippen LogP contribution in [0.1, 0.15) is 24.3 Å². The van der Waals surface area contributed by atoms with Crippen molar-refractivity contribution in [3.05, 3.63) is 17.8 Å². The van der Waals surface area contributed by atoms with Crippen LogP contribution in [0.4, 0.5) is 0 Å². The molecule has 0 aromatic carbocycles. The summed E-state index contributed by atoms with van der Waals surface area (Å²) < 4.78 is 5.25. The number of aryl methyl sites for hydroxylation is 1. The van der Waals surface area contributed by atoms with E-state index in [1.54, 1.807) is 0 Å². The molecule has 3 rings (SSSR count). The number of carbonyl (C=O) groups excluding carboxylic acids is 1. The van der Waals surface area contributed by atoms with Gasteiger partial charge in [0, 0.05) is 32.7 Å². The molecule has 20 heavy (non-hydrogen) atoms. The third-order valence-electron chi connectivity index (χ3n) is 4.27. The number of nitrogens with one attached hydrogen (secondary N) is 1. The summed E-state index contributed by atoms with van der Waals surface area (Å²) in [5, 5.41) is 3.29. The lowest BCUT2D eigenvalue weighted by Gasteiger charge is -2.32. The average molecular weight is 278 g/mol. The van der Waals surface area contributed by atoms with Crippen molar-refractivity contribution in [2.45, 2.75) is 32.4 Å². The summed E-state index contributed by atoms with van der Waals surface area (Å²) in [6.45, 7) is 7.06. The Morgan fingerprint density at radius 1 is 1.45 bits per heavy atom. The van der Waals surface area contributed by atoms with Crippen molar-refractivity contribution in [1.82, 2.24) is 20.1 Å². The van der Waals surface area contributed by atoms with Gasteiger partial charge in [-0.2, -0.15) is 0 Å². The summed E-state index contributed by atoms with van der Waals surface area (Å²) in [7, 11) is 0. The molecule has 1 aromatic heterocycles. The smallest absolute Gasteiger partial charge is 0.240 e. The number of oxazole rings is 1. The molecule has 1 N–H and O–H groups in total. The number of rotatable bonds is 3. The van der Waals surface area contributed by atoms with Crippen LogP contribution in [0.2, 0.25) is 0 Å². The van der Waals surface area contributed by atoms with Gasteiger partial charge >= 0.3 is 0 Å². The van der Waals surface area contributed by atoms with Crippen LogP contribution in [0.3, 0.4) is 0 Å². The minimum atomic E-state index is 0.0178. The Morgan fingerprint density at radius 2 is 2.25 bits per heavy atom. The Hall–Kier alpha value is -1.40. The van der Waals surface area contributed by atoms with E-state index in [2.05, 4.69) is 15.2 Å². The molecule has 2 saturated heterocycles. The summed E-state index contributed by atoms with van der Waals surface area (Å²) in [6.07, 6.45) is 3.52. The molecule has 0 spiro atoms.